The predicted octanol–water partition coefficient (Wildman–Crippen LogP) is 6.58. The minimum atomic E-state index is -0.484. The maximum absolute atomic E-state index is 13.3. The molecule has 1 aliphatic rings. The lowest BCUT2D eigenvalue weighted by molar-refractivity contribution is -0.119. The van der Waals surface area contributed by atoms with Gasteiger partial charge in [-0.2, -0.15) is 0 Å². The van der Waals surface area contributed by atoms with E-state index in [1.807, 2.05) is 53.9 Å². The first kappa shape index (κ1) is 23.3. The van der Waals surface area contributed by atoms with E-state index >= 15 is 0 Å². The number of nitrogens with zero attached hydrogens (tertiary/aromatic N) is 2. The zero-order chi connectivity index (χ0) is 25.2. The average Bonchev–Trinajstić information content (AvgIpc) is 3.26. The van der Waals surface area contributed by atoms with E-state index in [1.165, 1.54) is 11.3 Å². The van der Waals surface area contributed by atoms with E-state index in [9.17, 15) is 9.59 Å². The Kier molecular flexibility index (Phi) is 6.37. The Bertz CT molecular complexity index is 1640. The Balaban J connectivity index is 1.18. The predicted molar refractivity (Wildman–Crippen MR) is 147 cm³/mol. The van der Waals surface area contributed by atoms with Gasteiger partial charge in [0.25, 0.3) is 5.91 Å². The van der Waals surface area contributed by atoms with Crippen LogP contribution in [-0.4, -0.2) is 28.5 Å². The molecule has 7 heteroatoms. The molecule has 0 spiro atoms. The van der Waals surface area contributed by atoms with Gasteiger partial charge in [0.2, 0.25) is 0 Å². The number of nitrogens with one attached hydrogen (secondary N) is 1. The molecule has 37 heavy (non-hydrogen) atoms. The zero-order valence-electron chi connectivity index (χ0n) is 20.2. The SMILES string of the molecule is O=C(COC(=O)c1c2c(nc3ccccc13)CCCCC2)Nc1nc(-c2cccc3ccccc23)cs1. The summed E-state index contributed by atoms with van der Waals surface area (Å²) in [4.78, 5) is 35.4. The largest absolute Gasteiger partial charge is 0.452 e. The number of fused-ring (bicyclic) bond motifs is 3. The number of hydrogen-bond acceptors (Lipinski definition) is 6. The van der Waals surface area contributed by atoms with Crippen LogP contribution in [0.5, 0.6) is 0 Å². The Morgan fingerprint density at radius 1 is 0.865 bits per heavy atom. The second-order valence-electron chi connectivity index (χ2n) is 9.18. The van der Waals surface area contributed by atoms with Gasteiger partial charge in [0.1, 0.15) is 0 Å². The van der Waals surface area contributed by atoms with E-state index in [4.69, 9.17) is 9.72 Å². The molecular formula is C30H25N3O3S. The summed E-state index contributed by atoms with van der Waals surface area (Å²) in [5.74, 6) is -0.904. The van der Waals surface area contributed by atoms with Gasteiger partial charge in [-0.25, -0.2) is 9.78 Å². The van der Waals surface area contributed by atoms with E-state index < -0.39 is 11.9 Å². The molecule has 0 aliphatic heterocycles. The number of pyridine rings is 1. The molecule has 0 bridgehead atoms. The number of anilines is 1. The number of amides is 1. The summed E-state index contributed by atoms with van der Waals surface area (Å²) in [6.07, 6.45) is 4.82. The highest BCUT2D eigenvalue weighted by molar-refractivity contribution is 7.14. The molecule has 2 aromatic heterocycles. The smallest absolute Gasteiger partial charge is 0.339 e. The average molecular weight is 508 g/mol. The third kappa shape index (κ3) is 4.70. The van der Waals surface area contributed by atoms with Crippen LogP contribution in [0.2, 0.25) is 0 Å². The van der Waals surface area contributed by atoms with Crippen LogP contribution in [0.3, 0.4) is 0 Å². The van der Waals surface area contributed by atoms with Gasteiger partial charge in [-0.05, 0) is 48.1 Å². The maximum atomic E-state index is 13.3. The van der Waals surface area contributed by atoms with Crippen molar-refractivity contribution in [2.75, 3.05) is 11.9 Å². The van der Waals surface area contributed by atoms with Gasteiger partial charge in [0, 0.05) is 22.0 Å². The minimum absolute atomic E-state index is 0.382. The van der Waals surface area contributed by atoms with Crippen molar-refractivity contribution in [3.05, 3.63) is 88.9 Å². The number of hydrogen-bond donors (Lipinski definition) is 1. The van der Waals surface area contributed by atoms with Crippen molar-refractivity contribution in [3.8, 4) is 11.3 Å². The van der Waals surface area contributed by atoms with Crippen LogP contribution in [0.15, 0.2) is 72.1 Å². The molecule has 0 atom stereocenters. The molecule has 2 heterocycles. The monoisotopic (exact) mass is 507 g/mol. The van der Waals surface area contributed by atoms with E-state index in [0.717, 1.165) is 76.3 Å². The van der Waals surface area contributed by atoms with Gasteiger partial charge >= 0.3 is 5.97 Å². The highest BCUT2D eigenvalue weighted by atomic mass is 32.1. The molecule has 0 radical (unpaired) electrons. The summed E-state index contributed by atoms with van der Waals surface area (Å²) in [7, 11) is 0. The van der Waals surface area contributed by atoms with Crippen LogP contribution < -0.4 is 5.32 Å². The molecule has 184 valence electrons. The number of esters is 1. The zero-order valence-corrected chi connectivity index (χ0v) is 21.0. The van der Waals surface area contributed by atoms with Crippen molar-refractivity contribution in [1.82, 2.24) is 9.97 Å². The first-order valence-corrected chi connectivity index (χ1v) is 13.4. The van der Waals surface area contributed by atoms with Gasteiger partial charge in [-0.1, -0.05) is 67.1 Å². The van der Waals surface area contributed by atoms with E-state index in [0.29, 0.717) is 10.7 Å². The Labute approximate surface area is 218 Å². The van der Waals surface area contributed by atoms with E-state index in [-0.39, 0.29) is 6.61 Å². The third-order valence-corrected chi connectivity index (χ3v) is 7.53. The summed E-state index contributed by atoms with van der Waals surface area (Å²) in [5.41, 5.74) is 5.05. The van der Waals surface area contributed by atoms with Crippen molar-refractivity contribution in [2.45, 2.75) is 32.1 Å². The highest BCUT2D eigenvalue weighted by Gasteiger charge is 2.23. The molecule has 0 saturated heterocycles. The second-order valence-corrected chi connectivity index (χ2v) is 10.0. The first-order valence-electron chi connectivity index (χ1n) is 12.5. The van der Waals surface area contributed by atoms with Crippen molar-refractivity contribution < 1.29 is 14.3 Å². The summed E-state index contributed by atoms with van der Waals surface area (Å²) >= 11 is 1.34. The molecule has 1 N–H and O–H groups in total. The normalized spacial score (nSPS) is 13.2. The molecule has 6 rings (SSSR count). The van der Waals surface area contributed by atoms with Crippen LogP contribution in [0, 0.1) is 0 Å². The van der Waals surface area contributed by atoms with E-state index in [1.54, 1.807) is 0 Å². The minimum Gasteiger partial charge on any atom is -0.452 e. The number of thiazole rings is 1. The van der Waals surface area contributed by atoms with Crippen molar-refractivity contribution in [2.24, 2.45) is 0 Å². The number of carbonyl (C=O) groups excluding carboxylic acids is 2. The van der Waals surface area contributed by atoms with Gasteiger partial charge in [-0.3, -0.25) is 15.1 Å². The summed E-state index contributed by atoms with van der Waals surface area (Å²) < 4.78 is 5.52. The van der Waals surface area contributed by atoms with Gasteiger partial charge in [0.15, 0.2) is 11.7 Å². The molecule has 1 aliphatic carbocycles. The number of carbonyl (C=O) groups is 2. The number of rotatable bonds is 5. The highest BCUT2D eigenvalue weighted by Crippen LogP contribution is 2.31. The standard InChI is InChI=1S/C30H25N3O3S/c34-27(33-30-32-26(18-37-30)21-14-8-10-19-9-4-5-11-20(19)21)17-36-29(35)28-22-12-2-1-3-15-24(22)31-25-16-7-6-13-23(25)28/h4-11,13-14,16,18H,1-3,12,15,17H2,(H,32,33,34). The van der Waals surface area contributed by atoms with Crippen molar-refractivity contribution in [1.29, 1.82) is 0 Å². The van der Waals surface area contributed by atoms with Crippen LogP contribution >= 0.6 is 11.3 Å². The fraction of sp³-hybridized carbons (Fsp3) is 0.200. The van der Waals surface area contributed by atoms with E-state index in [2.05, 4.69) is 28.5 Å². The molecule has 0 fully saturated rings. The summed E-state index contributed by atoms with van der Waals surface area (Å²) in [5, 5.41) is 8.16. The number of aromatic nitrogens is 2. The molecule has 5 aromatic rings. The fourth-order valence-corrected chi connectivity index (χ4v) is 5.77. The fourth-order valence-electron chi connectivity index (χ4n) is 5.04. The number of benzene rings is 3. The van der Waals surface area contributed by atoms with Crippen LogP contribution in [-0.2, 0) is 22.4 Å². The van der Waals surface area contributed by atoms with Gasteiger partial charge < -0.3 is 4.74 Å². The first-order chi connectivity index (χ1) is 18.2. The number of para-hydroxylation sites is 1. The van der Waals surface area contributed by atoms with Crippen LogP contribution in [0.25, 0.3) is 32.9 Å². The Morgan fingerprint density at radius 2 is 1.65 bits per heavy atom. The quantitative estimate of drug-likeness (QED) is 0.215. The summed E-state index contributed by atoms with van der Waals surface area (Å²) in [6, 6.07) is 21.8. The second kappa shape index (κ2) is 10.1. The number of aryl methyl sites for hydroxylation is 1. The Hall–Kier alpha value is -4.10. The van der Waals surface area contributed by atoms with Crippen LogP contribution in [0.1, 0.15) is 40.9 Å². The van der Waals surface area contributed by atoms with Crippen LogP contribution in [0.4, 0.5) is 5.13 Å². The third-order valence-electron chi connectivity index (χ3n) is 6.77. The molecule has 0 saturated carbocycles. The van der Waals surface area contributed by atoms with Crippen molar-refractivity contribution >= 4 is 50.0 Å². The molecule has 0 unspecified atom stereocenters. The molecular weight excluding hydrogens is 482 g/mol. The summed E-state index contributed by atoms with van der Waals surface area (Å²) in [6.45, 7) is -0.382. The molecule has 1 amide bonds. The number of ether oxygens (including phenoxy) is 1. The topological polar surface area (TPSA) is 81.2 Å². The lowest BCUT2D eigenvalue weighted by Crippen LogP contribution is -2.22. The molecule has 3 aromatic carbocycles. The molecule has 6 nitrogen and oxygen atoms in total. The van der Waals surface area contributed by atoms with Crippen molar-refractivity contribution in [3.63, 3.8) is 0 Å². The van der Waals surface area contributed by atoms with Gasteiger partial charge in [-0.15, -0.1) is 11.3 Å². The van der Waals surface area contributed by atoms with Gasteiger partial charge in [0.05, 0.1) is 16.8 Å². The lowest BCUT2D eigenvalue weighted by atomic mass is 9.97. The maximum Gasteiger partial charge on any atom is 0.339 e. The Morgan fingerprint density at radius 3 is 2.57 bits per heavy atom. The lowest BCUT2D eigenvalue weighted by Gasteiger charge is -2.14.